The Morgan fingerprint density at radius 3 is 2.24 bits per heavy atom. The first kappa shape index (κ1) is 18.0. The zero-order chi connectivity index (χ0) is 17.8. The Hall–Kier alpha value is -1.81. The van der Waals surface area contributed by atoms with Gasteiger partial charge in [0.25, 0.3) is 0 Å². The van der Waals surface area contributed by atoms with Crippen LogP contribution in [0.1, 0.15) is 27.6 Å². The summed E-state index contributed by atoms with van der Waals surface area (Å²) < 4.78 is 0. The molecular weight excluding hydrogens is 357 g/mol. The topological polar surface area (TPSA) is 40.5 Å². The van der Waals surface area contributed by atoms with Crippen molar-refractivity contribution in [3.05, 3.63) is 70.8 Å². The Morgan fingerprint density at radius 2 is 1.64 bits per heavy atom. The molecule has 130 valence electrons. The number of rotatable bonds is 6. The van der Waals surface area contributed by atoms with Crippen molar-refractivity contribution in [2.24, 2.45) is 0 Å². The smallest absolute Gasteiger partial charge is 0.192 e. The fourth-order valence-electron chi connectivity index (χ4n) is 3.07. The Bertz CT molecular complexity index is 781. The maximum Gasteiger partial charge on any atom is 0.192 e. The first-order chi connectivity index (χ1) is 12.2. The molecule has 2 aromatic rings. The molecule has 0 saturated carbocycles. The lowest BCUT2D eigenvalue weighted by Gasteiger charge is -2.22. The van der Waals surface area contributed by atoms with Gasteiger partial charge in [-0.2, -0.15) is 0 Å². The number of carbonyl (C=O) groups is 1. The van der Waals surface area contributed by atoms with Gasteiger partial charge in [-0.05, 0) is 29.3 Å². The molecule has 0 spiro atoms. The Labute approximate surface area is 157 Å². The number of Topliss-reactive ketones (excluding diaryl/α,β-unsaturated/α-hetero) is 1. The predicted octanol–water partition coefficient (Wildman–Crippen LogP) is 4.28. The molecule has 1 aliphatic rings. The van der Waals surface area contributed by atoms with Crippen LogP contribution < -0.4 is 4.90 Å². The molecule has 1 atom stereocenters. The number of ketones is 1. The molecule has 1 aliphatic carbocycles. The van der Waals surface area contributed by atoms with Gasteiger partial charge in [-0.3, -0.25) is 4.79 Å². The van der Waals surface area contributed by atoms with E-state index in [2.05, 4.69) is 4.90 Å². The summed E-state index contributed by atoms with van der Waals surface area (Å²) in [5, 5.41) is 10.4. The fourth-order valence-corrected chi connectivity index (χ4v) is 3.48. The summed E-state index contributed by atoms with van der Waals surface area (Å²) in [6.45, 7) is 1.45. The maximum absolute atomic E-state index is 12.5. The van der Waals surface area contributed by atoms with E-state index in [9.17, 15) is 9.90 Å². The van der Waals surface area contributed by atoms with E-state index in [4.69, 9.17) is 23.2 Å². The molecule has 1 N–H and O–H groups in total. The van der Waals surface area contributed by atoms with Crippen molar-refractivity contribution >= 4 is 40.7 Å². The first-order valence-electron chi connectivity index (χ1n) is 8.16. The third-order valence-corrected chi connectivity index (χ3v) is 4.68. The van der Waals surface area contributed by atoms with Crippen molar-refractivity contribution in [2.75, 3.05) is 29.7 Å². The first-order valence-corrected chi connectivity index (χ1v) is 9.23. The van der Waals surface area contributed by atoms with Crippen LogP contribution in [0.2, 0.25) is 0 Å². The van der Waals surface area contributed by atoms with Crippen molar-refractivity contribution in [3.8, 4) is 0 Å². The normalized spacial score (nSPS) is 17.8. The predicted molar refractivity (Wildman–Crippen MR) is 104 cm³/mol. The fraction of sp³-hybridized carbons (Fsp3) is 0.250. The number of hydrogen-bond acceptors (Lipinski definition) is 3. The van der Waals surface area contributed by atoms with Crippen LogP contribution in [0.4, 0.5) is 5.69 Å². The van der Waals surface area contributed by atoms with Crippen LogP contribution in [0.3, 0.4) is 0 Å². The second-order valence-electron chi connectivity index (χ2n) is 5.88. The van der Waals surface area contributed by atoms with E-state index in [-0.39, 0.29) is 5.78 Å². The van der Waals surface area contributed by atoms with Crippen molar-refractivity contribution in [1.82, 2.24) is 0 Å². The molecule has 0 heterocycles. The molecule has 0 fully saturated rings. The highest BCUT2D eigenvalue weighted by Crippen LogP contribution is 2.36. The summed E-state index contributed by atoms with van der Waals surface area (Å²) in [5.74, 6) is 0.946. The monoisotopic (exact) mass is 375 g/mol. The standard InChI is InChI=1S/C20H19Cl2NO2/c21-9-11-23(12-10-22)15-7-5-14(6-8-15)13-18-19(24)16-3-1-2-4-17(16)20(18)25/h1-8,13,19,24H,9-12H2. The van der Waals surface area contributed by atoms with Crippen LogP contribution in [0.5, 0.6) is 0 Å². The van der Waals surface area contributed by atoms with Crippen LogP contribution in [0.25, 0.3) is 6.08 Å². The van der Waals surface area contributed by atoms with Crippen LogP contribution in [0.15, 0.2) is 54.1 Å². The van der Waals surface area contributed by atoms with Gasteiger partial charge in [0.1, 0.15) is 6.10 Å². The Morgan fingerprint density at radius 1 is 1.00 bits per heavy atom. The molecule has 3 nitrogen and oxygen atoms in total. The largest absolute Gasteiger partial charge is 0.383 e. The zero-order valence-electron chi connectivity index (χ0n) is 13.7. The van der Waals surface area contributed by atoms with Crippen LogP contribution >= 0.6 is 23.2 Å². The third-order valence-electron chi connectivity index (χ3n) is 4.35. The van der Waals surface area contributed by atoms with E-state index in [1.54, 1.807) is 18.2 Å². The van der Waals surface area contributed by atoms with Gasteiger partial charge in [0.2, 0.25) is 0 Å². The highest BCUT2D eigenvalue weighted by Gasteiger charge is 2.32. The Kier molecular flexibility index (Phi) is 5.79. The van der Waals surface area contributed by atoms with Gasteiger partial charge in [-0.15, -0.1) is 23.2 Å². The molecule has 0 saturated heterocycles. The number of carbonyl (C=O) groups excluding carboxylic acids is 1. The van der Waals surface area contributed by atoms with Gasteiger partial charge in [0.05, 0.1) is 0 Å². The summed E-state index contributed by atoms with van der Waals surface area (Å²) >= 11 is 11.7. The van der Waals surface area contributed by atoms with Gasteiger partial charge in [-0.1, -0.05) is 36.4 Å². The van der Waals surface area contributed by atoms with Crippen LogP contribution in [0, 0.1) is 0 Å². The summed E-state index contributed by atoms with van der Waals surface area (Å²) in [6, 6.07) is 15.0. The number of hydrogen-bond donors (Lipinski definition) is 1. The molecule has 2 aromatic carbocycles. The third kappa shape index (κ3) is 3.74. The number of fused-ring (bicyclic) bond motifs is 1. The quantitative estimate of drug-likeness (QED) is 0.604. The average molecular weight is 376 g/mol. The molecular formula is C20H19Cl2NO2. The Balaban J connectivity index is 1.84. The number of benzene rings is 2. The molecule has 0 aromatic heterocycles. The number of aliphatic hydroxyl groups excluding tert-OH is 1. The summed E-state index contributed by atoms with van der Waals surface area (Å²) in [7, 11) is 0. The van der Waals surface area contributed by atoms with E-state index in [0.29, 0.717) is 28.5 Å². The second kappa shape index (κ2) is 8.05. The van der Waals surface area contributed by atoms with Crippen molar-refractivity contribution < 1.29 is 9.90 Å². The van der Waals surface area contributed by atoms with Crippen LogP contribution in [-0.2, 0) is 0 Å². The number of alkyl halides is 2. The van der Waals surface area contributed by atoms with Gasteiger partial charge < -0.3 is 10.0 Å². The molecule has 5 heteroatoms. The lowest BCUT2D eigenvalue weighted by Crippen LogP contribution is -2.27. The molecule has 25 heavy (non-hydrogen) atoms. The van der Waals surface area contributed by atoms with Gasteiger partial charge in [0, 0.05) is 41.7 Å². The minimum atomic E-state index is -0.868. The van der Waals surface area contributed by atoms with Gasteiger partial charge in [-0.25, -0.2) is 0 Å². The lowest BCUT2D eigenvalue weighted by atomic mass is 10.1. The van der Waals surface area contributed by atoms with E-state index < -0.39 is 6.10 Å². The summed E-state index contributed by atoms with van der Waals surface area (Å²) in [4.78, 5) is 14.6. The van der Waals surface area contributed by atoms with E-state index in [0.717, 1.165) is 24.3 Å². The molecule has 0 radical (unpaired) electrons. The molecule has 3 rings (SSSR count). The van der Waals surface area contributed by atoms with Crippen molar-refractivity contribution in [2.45, 2.75) is 6.10 Å². The van der Waals surface area contributed by atoms with Gasteiger partial charge in [0.15, 0.2) is 5.78 Å². The lowest BCUT2D eigenvalue weighted by molar-refractivity contribution is 0.102. The van der Waals surface area contributed by atoms with E-state index in [1.807, 2.05) is 36.4 Å². The maximum atomic E-state index is 12.5. The minimum absolute atomic E-state index is 0.113. The number of nitrogens with zero attached hydrogens (tertiary/aromatic N) is 1. The molecule has 0 bridgehead atoms. The van der Waals surface area contributed by atoms with Crippen LogP contribution in [-0.4, -0.2) is 35.7 Å². The number of anilines is 1. The van der Waals surface area contributed by atoms with Crippen molar-refractivity contribution in [1.29, 1.82) is 0 Å². The average Bonchev–Trinajstić information content (AvgIpc) is 2.88. The molecule has 0 aliphatic heterocycles. The van der Waals surface area contributed by atoms with Gasteiger partial charge >= 0.3 is 0 Å². The summed E-state index contributed by atoms with van der Waals surface area (Å²) in [6.07, 6.45) is 0.886. The van der Waals surface area contributed by atoms with E-state index >= 15 is 0 Å². The highest BCUT2D eigenvalue weighted by molar-refractivity contribution is 6.18. The highest BCUT2D eigenvalue weighted by atomic mass is 35.5. The second-order valence-corrected chi connectivity index (χ2v) is 6.63. The van der Waals surface area contributed by atoms with E-state index in [1.165, 1.54) is 0 Å². The number of aliphatic hydroxyl groups is 1. The molecule has 1 unspecified atom stereocenters. The van der Waals surface area contributed by atoms with Crippen molar-refractivity contribution in [3.63, 3.8) is 0 Å². The molecule has 0 amide bonds. The summed E-state index contributed by atoms with van der Waals surface area (Å²) in [5.41, 5.74) is 3.56. The SMILES string of the molecule is O=C1C(=Cc2ccc(N(CCCl)CCCl)cc2)C(O)c2ccccc21. The zero-order valence-corrected chi connectivity index (χ0v) is 15.2. The minimum Gasteiger partial charge on any atom is -0.383 e. The number of halogens is 2.